The third-order valence-corrected chi connectivity index (χ3v) is 4.88. The molecular weight excluding hydrogens is 364 g/mol. The summed E-state index contributed by atoms with van der Waals surface area (Å²) < 4.78 is 22.6. The highest BCUT2D eigenvalue weighted by Gasteiger charge is 2.23. The van der Waals surface area contributed by atoms with E-state index in [1.807, 2.05) is 60.7 Å². The fourth-order valence-electron chi connectivity index (χ4n) is 3.36. The Kier molecular flexibility index (Phi) is 3.73. The number of rotatable bonds is 3. The Morgan fingerprint density at radius 2 is 1.67 bits per heavy atom. The minimum absolute atomic E-state index is 0.223. The Balaban J connectivity index is 1.80. The van der Waals surface area contributed by atoms with Crippen molar-refractivity contribution in [3.63, 3.8) is 0 Å². The van der Waals surface area contributed by atoms with Gasteiger partial charge >= 0.3 is 0 Å². The van der Waals surface area contributed by atoms with E-state index in [1.54, 1.807) is 7.11 Å². The molecule has 0 saturated heterocycles. The standard InChI is InChI=1S/C22H15ClO4/c1-24-16-7-5-13(6-8-16)21-17-10-19-20(26-12-25-19)11-18(17)27-22(21)14-3-2-4-15(23)9-14/h2-11H,12H2,1H3. The van der Waals surface area contributed by atoms with Crippen molar-refractivity contribution < 1.29 is 18.6 Å². The highest BCUT2D eigenvalue weighted by molar-refractivity contribution is 6.30. The first kappa shape index (κ1) is 16.1. The van der Waals surface area contributed by atoms with Gasteiger partial charge in [0.05, 0.1) is 7.11 Å². The van der Waals surface area contributed by atoms with Crippen LogP contribution in [0, 0.1) is 0 Å². The second-order valence-corrected chi connectivity index (χ2v) is 6.68. The average Bonchev–Trinajstić information content (AvgIpc) is 3.30. The van der Waals surface area contributed by atoms with E-state index in [9.17, 15) is 0 Å². The molecule has 134 valence electrons. The predicted molar refractivity (Wildman–Crippen MR) is 105 cm³/mol. The molecule has 2 heterocycles. The number of benzene rings is 3. The maximum Gasteiger partial charge on any atom is 0.231 e. The van der Waals surface area contributed by atoms with Crippen LogP contribution in [-0.2, 0) is 0 Å². The van der Waals surface area contributed by atoms with Gasteiger partial charge in [0, 0.05) is 27.6 Å². The van der Waals surface area contributed by atoms with Crippen LogP contribution in [0.4, 0.5) is 0 Å². The van der Waals surface area contributed by atoms with Crippen LogP contribution in [0.1, 0.15) is 0 Å². The van der Waals surface area contributed by atoms with Gasteiger partial charge in [-0.25, -0.2) is 0 Å². The van der Waals surface area contributed by atoms with Crippen molar-refractivity contribution in [3.05, 3.63) is 65.7 Å². The fourth-order valence-corrected chi connectivity index (χ4v) is 3.55. The SMILES string of the molecule is COc1ccc(-c2c(-c3cccc(Cl)c3)oc3cc4c(cc23)OCO4)cc1. The number of furan rings is 1. The van der Waals surface area contributed by atoms with Crippen molar-refractivity contribution in [3.8, 4) is 39.7 Å². The molecule has 0 saturated carbocycles. The first-order valence-electron chi connectivity index (χ1n) is 8.49. The Labute approximate surface area is 160 Å². The molecular formula is C22H15ClO4. The van der Waals surface area contributed by atoms with Gasteiger partial charge in [0.15, 0.2) is 11.5 Å². The second kappa shape index (κ2) is 6.25. The van der Waals surface area contributed by atoms with E-state index < -0.39 is 0 Å². The lowest BCUT2D eigenvalue weighted by Crippen LogP contribution is -1.92. The Bertz CT molecular complexity index is 1150. The molecule has 1 aliphatic rings. The molecule has 5 heteroatoms. The molecule has 0 atom stereocenters. The van der Waals surface area contributed by atoms with E-state index in [4.69, 9.17) is 30.2 Å². The highest BCUT2D eigenvalue weighted by Crippen LogP contribution is 2.46. The number of methoxy groups -OCH3 is 1. The Morgan fingerprint density at radius 3 is 2.41 bits per heavy atom. The van der Waals surface area contributed by atoms with E-state index in [1.165, 1.54) is 0 Å². The smallest absolute Gasteiger partial charge is 0.231 e. The predicted octanol–water partition coefficient (Wildman–Crippen LogP) is 6.16. The largest absolute Gasteiger partial charge is 0.497 e. The van der Waals surface area contributed by atoms with Crippen LogP contribution < -0.4 is 14.2 Å². The van der Waals surface area contributed by atoms with Gasteiger partial charge in [-0.2, -0.15) is 0 Å². The molecule has 0 unspecified atom stereocenters. The van der Waals surface area contributed by atoms with Gasteiger partial charge in [0.1, 0.15) is 17.1 Å². The number of hydrogen-bond acceptors (Lipinski definition) is 4. The Morgan fingerprint density at radius 1 is 0.889 bits per heavy atom. The van der Waals surface area contributed by atoms with Crippen LogP contribution in [0.2, 0.25) is 5.02 Å². The molecule has 0 bridgehead atoms. The quantitative estimate of drug-likeness (QED) is 0.428. The first-order valence-corrected chi connectivity index (χ1v) is 8.87. The normalized spacial score (nSPS) is 12.5. The van der Waals surface area contributed by atoms with Crippen molar-refractivity contribution in [2.75, 3.05) is 13.9 Å². The monoisotopic (exact) mass is 378 g/mol. The molecule has 0 spiro atoms. The molecule has 0 aliphatic carbocycles. The topological polar surface area (TPSA) is 40.8 Å². The summed E-state index contributed by atoms with van der Waals surface area (Å²) in [6.45, 7) is 0.223. The minimum Gasteiger partial charge on any atom is -0.497 e. The van der Waals surface area contributed by atoms with Crippen LogP contribution in [0.3, 0.4) is 0 Å². The highest BCUT2D eigenvalue weighted by atomic mass is 35.5. The number of halogens is 1. The summed E-state index contributed by atoms with van der Waals surface area (Å²) in [5.74, 6) is 2.96. The maximum atomic E-state index is 6.25. The minimum atomic E-state index is 0.223. The average molecular weight is 379 g/mol. The van der Waals surface area contributed by atoms with E-state index in [2.05, 4.69) is 0 Å². The van der Waals surface area contributed by atoms with E-state index >= 15 is 0 Å². The molecule has 5 rings (SSSR count). The summed E-state index contributed by atoms with van der Waals surface area (Å²) in [6.07, 6.45) is 0. The van der Waals surface area contributed by atoms with Crippen molar-refractivity contribution in [2.45, 2.75) is 0 Å². The number of fused-ring (bicyclic) bond motifs is 2. The van der Waals surface area contributed by atoms with Gasteiger partial charge in [-0.15, -0.1) is 0 Å². The van der Waals surface area contributed by atoms with E-state index in [-0.39, 0.29) is 6.79 Å². The van der Waals surface area contributed by atoms with Crippen LogP contribution in [0.15, 0.2) is 65.1 Å². The van der Waals surface area contributed by atoms with Gasteiger partial charge < -0.3 is 18.6 Å². The van der Waals surface area contributed by atoms with Crippen molar-refractivity contribution >= 4 is 22.6 Å². The van der Waals surface area contributed by atoms with Crippen molar-refractivity contribution in [1.29, 1.82) is 0 Å². The Hall–Kier alpha value is -3.11. The summed E-state index contributed by atoms with van der Waals surface area (Å²) in [5, 5.41) is 1.61. The summed E-state index contributed by atoms with van der Waals surface area (Å²) in [6, 6.07) is 19.4. The van der Waals surface area contributed by atoms with E-state index in [0.717, 1.165) is 44.9 Å². The molecule has 4 nitrogen and oxygen atoms in total. The lowest BCUT2D eigenvalue weighted by atomic mass is 9.98. The number of hydrogen-bond donors (Lipinski definition) is 0. The molecule has 4 aromatic rings. The lowest BCUT2D eigenvalue weighted by molar-refractivity contribution is 0.174. The zero-order chi connectivity index (χ0) is 18.4. The third-order valence-electron chi connectivity index (χ3n) is 4.65. The molecule has 27 heavy (non-hydrogen) atoms. The molecule has 0 radical (unpaired) electrons. The lowest BCUT2D eigenvalue weighted by Gasteiger charge is -2.06. The van der Waals surface area contributed by atoms with Crippen LogP contribution >= 0.6 is 11.6 Å². The maximum absolute atomic E-state index is 6.25. The van der Waals surface area contributed by atoms with Crippen LogP contribution in [-0.4, -0.2) is 13.9 Å². The van der Waals surface area contributed by atoms with Gasteiger partial charge in [-0.1, -0.05) is 35.9 Å². The zero-order valence-electron chi connectivity index (χ0n) is 14.5. The third kappa shape index (κ3) is 2.69. The first-order chi connectivity index (χ1) is 13.2. The number of ether oxygens (including phenoxy) is 3. The molecule has 1 aliphatic heterocycles. The molecule has 1 aromatic heterocycles. The van der Waals surface area contributed by atoms with Gasteiger partial charge in [-0.05, 0) is 35.9 Å². The molecule has 0 fully saturated rings. The summed E-state index contributed by atoms with van der Waals surface area (Å²) in [7, 11) is 1.65. The van der Waals surface area contributed by atoms with Crippen molar-refractivity contribution in [1.82, 2.24) is 0 Å². The van der Waals surface area contributed by atoms with Crippen molar-refractivity contribution in [2.24, 2.45) is 0 Å². The second-order valence-electron chi connectivity index (χ2n) is 6.25. The summed E-state index contributed by atoms with van der Waals surface area (Å²) in [5.41, 5.74) is 3.64. The van der Waals surface area contributed by atoms with E-state index in [0.29, 0.717) is 10.8 Å². The van der Waals surface area contributed by atoms with Gasteiger partial charge in [0.25, 0.3) is 0 Å². The van der Waals surface area contributed by atoms with Crippen LogP contribution in [0.5, 0.6) is 17.2 Å². The zero-order valence-corrected chi connectivity index (χ0v) is 15.2. The molecule has 3 aromatic carbocycles. The summed E-state index contributed by atoms with van der Waals surface area (Å²) in [4.78, 5) is 0. The fraction of sp³-hybridized carbons (Fsp3) is 0.0909. The van der Waals surface area contributed by atoms with Gasteiger partial charge in [0.2, 0.25) is 6.79 Å². The molecule has 0 N–H and O–H groups in total. The van der Waals surface area contributed by atoms with Gasteiger partial charge in [-0.3, -0.25) is 0 Å². The summed E-state index contributed by atoms with van der Waals surface area (Å²) >= 11 is 6.22. The molecule has 0 amide bonds. The van der Waals surface area contributed by atoms with Crippen LogP contribution in [0.25, 0.3) is 33.4 Å².